The molecule has 2 N–H and O–H groups in total. The topological polar surface area (TPSA) is 59.6 Å². The molecule has 0 fully saturated rings. The number of ether oxygens (including phenoxy) is 2. The summed E-state index contributed by atoms with van der Waals surface area (Å²) in [6.45, 7) is 5.29. The van der Waals surface area contributed by atoms with E-state index in [0.29, 0.717) is 36.2 Å². The summed E-state index contributed by atoms with van der Waals surface area (Å²) in [6, 6.07) is 24.5. The quantitative estimate of drug-likeness (QED) is 0.404. The monoisotopic (exact) mass is 448 g/mol. The predicted molar refractivity (Wildman–Crippen MR) is 132 cm³/mol. The van der Waals surface area contributed by atoms with Gasteiger partial charge in [-0.15, -0.1) is 0 Å². The molecule has 0 saturated heterocycles. The van der Waals surface area contributed by atoms with Gasteiger partial charge in [-0.2, -0.15) is 0 Å². The average Bonchev–Trinajstić information content (AvgIpc) is 2.78. The number of carbonyl (C=O) groups is 1. The average molecular weight is 449 g/mol. The number of anilines is 1. The molecule has 0 spiro atoms. The summed E-state index contributed by atoms with van der Waals surface area (Å²) < 4.78 is 11.7. The Bertz CT molecular complexity index is 1040. The molecule has 32 heavy (non-hydrogen) atoms. The standard InChI is InChI=1S/C26H28N2O3S/c1-19(2)15-16-30-24-14-7-6-13-23(24)25(29)28-26(32)27-21-11-8-12-22(17-21)31-18-20-9-4-3-5-10-20/h3-14,17,19H,15-16,18H2,1-2H3,(H2,27,28,29,32). The summed E-state index contributed by atoms with van der Waals surface area (Å²) >= 11 is 5.34. The highest BCUT2D eigenvalue weighted by molar-refractivity contribution is 7.80. The lowest BCUT2D eigenvalue weighted by Gasteiger charge is -2.14. The molecule has 1 amide bonds. The van der Waals surface area contributed by atoms with E-state index in [1.54, 1.807) is 18.2 Å². The Labute approximate surface area is 194 Å². The normalized spacial score (nSPS) is 10.5. The molecule has 3 aromatic carbocycles. The molecular formula is C26H28N2O3S. The van der Waals surface area contributed by atoms with Crippen LogP contribution in [0.2, 0.25) is 0 Å². The Morgan fingerprint density at radius 3 is 2.47 bits per heavy atom. The van der Waals surface area contributed by atoms with Crippen molar-refractivity contribution in [3.63, 3.8) is 0 Å². The van der Waals surface area contributed by atoms with E-state index in [4.69, 9.17) is 21.7 Å². The number of nitrogens with one attached hydrogen (secondary N) is 2. The summed E-state index contributed by atoms with van der Waals surface area (Å²) in [5.41, 5.74) is 2.26. The van der Waals surface area contributed by atoms with Crippen molar-refractivity contribution >= 4 is 28.9 Å². The van der Waals surface area contributed by atoms with Crippen LogP contribution in [0.15, 0.2) is 78.9 Å². The third-order valence-electron chi connectivity index (χ3n) is 4.65. The molecule has 0 unspecified atom stereocenters. The van der Waals surface area contributed by atoms with Gasteiger partial charge in [-0.25, -0.2) is 0 Å². The van der Waals surface area contributed by atoms with Gasteiger partial charge in [-0.1, -0.05) is 62.4 Å². The van der Waals surface area contributed by atoms with Crippen molar-refractivity contribution in [3.05, 3.63) is 90.0 Å². The third-order valence-corrected chi connectivity index (χ3v) is 4.86. The van der Waals surface area contributed by atoms with Crippen molar-refractivity contribution in [1.29, 1.82) is 0 Å². The van der Waals surface area contributed by atoms with E-state index >= 15 is 0 Å². The van der Waals surface area contributed by atoms with Gasteiger partial charge in [0.1, 0.15) is 18.1 Å². The van der Waals surface area contributed by atoms with Crippen molar-refractivity contribution in [1.82, 2.24) is 5.32 Å². The first-order valence-electron chi connectivity index (χ1n) is 10.6. The van der Waals surface area contributed by atoms with Crippen molar-refractivity contribution in [3.8, 4) is 11.5 Å². The number of hydrogen-bond acceptors (Lipinski definition) is 4. The van der Waals surface area contributed by atoms with Crippen LogP contribution in [0.4, 0.5) is 5.69 Å². The van der Waals surface area contributed by atoms with Gasteiger partial charge < -0.3 is 14.8 Å². The summed E-state index contributed by atoms with van der Waals surface area (Å²) in [5.74, 6) is 1.46. The maximum Gasteiger partial charge on any atom is 0.261 e. The fraction of sp³-hybridized carbons (Fsp3) is 0.231. The number of carbonyl (C=O) groups excluding carboxylic acids is 1. The van der Waals surface area contributed by atoms with Gasteiger partial charge in [0.05, 0.1) is 12.2 Å². The van der Waals surface area contributed by atoms with E-state index < -0.39 is 0 Å². The Kier molecular flexibility index (Phi) is 8.63. The van der Waals surface area contributed by atoms with E-state index in [1.165, 1.54) is 0 Å². The highest BCUT2D eigenvalue weighted by Gasteiger charge is 2.14. The molecule has 166 valence electrons. The SMILES string of the molecule is CC(C)CCOc1ccccc1C(=O)NC(=S)Nc1cccc(OCc2ccccc2)c1. The maximum atomic E-state index is 12.7. The number of amides is 1. The predicted octanol–water partition coefficient (Wildman–Crippen LogP) is 5.82. The summed E-state index contributed by atoms with van der Waals surface area (Å²) in [5, 5.41) is 5.96. The highest BCUT2D eigenvalue weighted by atomic mass is 32.1. The first-order valence-corrected chi connectivity index (χ1v) is 11.0. The highest BCUT2D eigenvalue weighted by Crippen LogP contribution is 2.20. The van der Waals surface area contributed by atoms with Gasteiger partial charge in [0.2, 0.25) is 0 Å². The smallest absolute Gasteiger partial charge is 0.261 e. The number of para-hydroxylation sites is 1. The Balaban J connectivity index is 1.56. The second-order valence-electron chi connectivity index (χ2n) is 7.74. The fourth-order valence-corrected chi connectivity index (χ4v) is 3.13. The molecule has 5 nitrogen and oxygen atoms in total. The maximum absolute atomic E-state index is 12.7. The van der Waals surface area contributed by atoms with Gasteiger partial charge in [0.25, 0.3) is 5.91 Å². The number of benzene rings is 3. The molecular weight excluding hydrogens is 420 g/mol. The summed E-state index contributed by atoms with van der Waals surface area (Å²) in [6.07, 6.45) is 0.915. The van der Waals surface area contributed by atoms with Crippen LogP contribution >= 0.6 is 12.2 Å². The second-order valence-corrected chi connectivity index (χ2v) is 8.15. The van der Waals surface area contributed by atoms with Gasteiger partial charge in [0, 0.05) is 11.8 Å². The van der Waals surface area contributed by atoms with E-state index in [0.717, 1.165) is 17.7 Å². The molecule has 0 aromatic heterocycles. The molecule has 0 heterocycles. The van der Waals surface area contributed by atoms with Crippen LogP contribution < -0.4 is 20.1 Å². The Morgan fingerprint density at radius 1 is 0.938 bits per heavy atom. The molecule has 0 radical (unpaired) electrons. The summed E-state index contributed by atoms with van der Waals surface area (Å²) in [7, 11) is 0. The zero-order chi connectivity index (χ0) is 22.8. The molecule has 3 rings (SSSR count). The van der Waals surface area contributed by atoms with Gasteiger partial charge in [-0.3, -0.25) is 10.1 Å². The molecule has 6 heteroatoms. The molecule has 0 saturated carbocycles. The van der Waals surface area contributed by atoms with Crippen molar-refractivity contribution in [2.75, 3.05) is 11.9 Å². The molecule has 3 aromatic rings. The molecule has 0 aliphatic heterocycles. The first kappa shape index (κ1) is 23.3. The second kappa shape index (κ2) is 11.9. The van der Waals surface area contributed by atoms with Crippen molar-refractivity contribution < 1.29 is 14.3 Å². The van der Waals surface area contributed by atoms with Crippen molar-refractivity contribution in [2.24, 2.45) is 5.92 Å². The Morgan fingerprint density at radius 2 is 1.69 bits per heavy atom. The molecule has 0 aliphatic carbocycles. The summed E-state index contributed by atoms with van der Waals surface area (Å²) in [4.78, 5) is 12.7. The van der Waals surface area contributed by atoms with Crippen molar-refractivity contribution in [2.45, 2.75) is 26.9 Å². The van der Waals surface area contributed by atoms with Crippen LogP contribution in [-0.2, 0) is 6.61 Å². The van der Waals surface area contributed by atoms with Crippen LogP contribution in [-0.4, -0.2) is 17.6 Å². The number of thiocarbonyl (C=S) groups is 1. The Hall–Kier alpha value is -3.38. The lowest BCUT2D eigenvalue weighted by molar-refractivity contribution is 0.0973. The zero-order valence-corrected chi connectivity index (χ0v) is 19.2. The number of hydrogen-bond donors (Lipinski definition) is 2. The van der Waals surface area contributed by atoms with E-state index in [-0.39, 0.29) is 11.0 Å². The number of rotatable bonds is 9. The van der Waals surface area contributed by atoms with Crippen LogP contribution in [0.5, 0.6) is 11.5 Å². The lowest BCUT2D eigenvalue weighted by Crippen LogP contribution is -2.34. The van der Waals surface area contributed by atoms with Crippen LogP contribution in [0.1, 0.15) is 36.2 Å². The molecule has 0 atom stereocenters. The largest absolute Gasteiger partial charge is 0.493 e. The molecule has 0 aliphatic rings. The van der Waals surface area contributed by atoms with E-state index in [2.05, 4.69) is 24.5 Å². The first-order chi connectivity index (χ1) is 15.5. The van der Waals surface area contributed by atoms with Crippen LogP contribution in [0.3, 0.4) is 0 Å². The lowest BCUT2D eigenvalue weighted by atomic mass is 10.1. The van der Waals surface area contributed by atoms with Crippen LogP contribution in [0.25, 0.3) is 0 Å². The van der Waals surface area contributed by atoms with E-state index in [1.807, 2.05) is 60.7 Å². The fourth-order valence-electron chi connectivity index (χ4n) is 2.92. The van der Waals surface area contributed by atoms with Gasteiger partial charge in [0.15, 0.2) is 5.11 Å². The minimum absolute atomic E-state index is 0.201. The van der Waals surface area contributed by atoms with Crippen LogP contribution in [0, 0.1) is 5.92 Å². The molecule has 0 bridgehead atoms. The van der Waals surface area contributed by atoms with Gasteiger partial charge in [-0.05, 0) is 54.4 Å². The minimum atomic E-state index is -0.320. The van der Waals surface area contributed by atoms with Gasteiger partial charge >= 0.3 is 0 Å². The van der Waals surface area contributed by atoms with E-state index in [9.17, 15) is 4.79 Å². The minimum Gasteiger partial charge on any atom is -0.493 e. The zero-order valence-electron chi connectivity index (χ0n) is 18.3. The third kappa shape index (κ3) is 7.39.